The molecule has 166 valence electrons. The zero-order valence-corrected chi connectivity index (χ0v) is 19.3. The Morgan fingerprint density at radius 1 is 0.765 bits per heavy atom. The van der Waals surface area contributed by atoms with Gasteiger partial charge in [-0.15, -0.1) is 11.3 Å². The number of hydrogen-bond acceptors (Lipinski definition) is 4. The van der Waals surface area contributed by atoms with Gasteiger partial charge >= 0.3 is 0 Å². The van der Waals surface area contributed by atoms with Gasteiger partial charge in [-0.05, 0) is 28.8 Å². The van der Waals surface area contributed by atoms with E-state index in [0.717, 1.165) is 38.5 Å². The number of amides is 1. The minimum Gasteiger partial charge on any atom is -0.345 e. The maximum absolute atomic E-state index is 13.0. The van der Waals surface area contributed by atoms with Gasteiger partial charge in [0.2, 0.25) is 5.91 Å². The summed E-state index contributed by atoms with van der Waals surface area (Å²) in [7, 11) is 0. The van der Waals surface area contributed by atoms with Crippen molar-refractivity contribution >= 4 is 17.2 Å². The van der Waals surface area contributed by atoms with E-state index < -0.39 is 0 Å². The molecule has 1 N–H and O–H groups in total. The highest BCUT2D eigenvalue weighted by Gasteiger charge is 2.17. The molecule has 0 saturated heterocycles. The van der Waals surface area contributed by atoms with E-state index in [4.69, 9.17) is 4.98 Å². The zero-order chi connectivity index (χ0) is 23.2. The second-order valence-corrected chi connectivity index (χ2v) is 8.83. The van der Waals surface area contributed by atoms with Crippen LogP contribution < -0.4 is 5.32 Å². The Hall–Kier alpha value is -4.09. The third-order valence-corrected chi connectivity index (χ3v) is 6.51. The van der Waals surface area contributed by atoms with E-state index in [1.54, 1.807) is 23.7 Å². The monoisotopic (exact) mass is 461 g/mol. The molecule has 0 fully saturated rings. The Morgan fingerprint density at radius 3 is 2.00 bits per heavy atom. The van der Waals surface area contributed by atoms with Crippen LogP contribution in [0.15, 0.2) is 115 Å². The summed E-state index contributed by atoms with van der Waals surface area (Å²) in [5, 5.41) is 6.23. The second-order valence-electron chi connectivity index (χ2n) is 7.97. The topological polar surface area (TPSA) is 54.9 Å². The van der Waals surface area contributed by atoms with Crippen molar-refractivity contribution < 1.29 is 4.79 Å². The number of nitrogens with zero attached hydrogens (tertiary/aromatic N) is 2. The summed E-state index contributed by atoms with van der Waals surface area (Å²) in [4.78, 5) is 21.8. The molecule has 1 amide bonds. The highest BCUT2D eigenvalue weighted by Crippen LogP contribution is 2.29. The Kier molecular flexibility index (Phi) is 6.54. The van der Waals surface area contributed by atoms with Gasteiger partial charge < -0.3 is 5.32 Å². The largest absolute Gasteiger partial charge is 0.345 e. The molecule has 0 aliphatic rings. The van der Waals surface area contributed by atoms with Crippen molar-refractivity contribution in [2.45, 2.75) is 12.5 Å². The molecule has 5 aromatic rings. The summed E-state index contributed by atoms with van der Waals surface area (Å²) >= 11 is 1.61. The van der Waals surface area contributed by atoms with Crippen LogP contribution >= 0.6 is 11.3 Å². The Morgan fingerprint density at radius 2 is 1.38 bits per heavy atom. The number of pyridine rings is 1. The van der Waals surface area contributed by atoms with Crippen LogP contribution in [0.25, 0.3) is 21.8 Å². The molecule has 0 saturated carbocycles. The maximum Gasteiger partial charge on any atom is 0.225 e. The molecule has 2 aromatic heterocycles. The van der Waals surface area contributed by atoms with Crippen LogP contribution in [-0.2, 0) is 11.2 Å². The van der Waals surface area contributed by atoms with Gasteiger partial charge in [0.15, 0.2) is 0 Å². The Bertz CT molecular complexity index is 1310. The van der Waals surface area contributed by atoms with Crippen molar-refractivity contribution in [2.75, 3.05) is 0 Å². The van der Waals surface area contributed by atoms with Crippen LogP contribution in [0.1, 0.15) is 22.7 Å². The van der Waals surface area contributed by atoms with Gasteiger partial charge in [-0.3, -0.25) is 9.78 Å². The third kappa shape index (κ3) is 5.11. The standard InChI is InChI=1S/C29H23N3OS/c33-27(32-28(23-7-3-1-4-8-23)24-9-5-2-6-10-24)19-21-11-13-22(14-12-21)26-20-34-29(31-26)25-15-17-30-18-16-25/h1-18,20,28H,19H2,(H,32,33). The number of nitrogens with one attached hydrogen (secondary N) is 1. The first kappa shape index (κ1) is 21.7. The number of benzene rings is 3. The van der Waals surface area contributed by atoms with Crippen molar-refractivity contribution in [3.05, 3.63) is 132 Å². The number of hydrogen-bond donors (Lipinski definition) is 1. The number of thiazole rings is 1. The summed E-state index contributed by atoms with van der Waals surface area (Å²) in [6, 6.07) is 31.9. The van der Waals surface area contributed by atoms with Gasteiger partial charge in [0, 0.05) is 28.9 Å². The van der Waals surface area contributed by atoms with Crippen LogP contribution in [0.2, 0.25) is 0 Å². The normalized spacial score (nSPS) is 10.9. The minimum atomic E-state index is -0.184. The van der Waals surface area contributed by atoms with Gasteiger partial charge in [-0.25, -0.2) is 4.98 Å². The van der Waals surface area contributed by atoms with Gasteiger partial charge in [0.1, 0.15) is 5.01 Å². The summed E-state index contributed by atoms with van der Waals surface area (Å²) in [6.45, 7) is 0. The molecule has 0 bridgehead atoms. The summed E-state index contributed by atoms with van der Waals surface area (Å²) in [6.07, 6.45) is 3.86. The molecular weight excluding hydrogens is 438 g/mol. The predicted molar refractivity (Wildman–Crippen MR) is 137 cm³/mol. The lowest BCUT2D eigenvalue weighted by Gasteiger charge is -2.20. The molecule has 4 nitrogen and oxygen atoms in total. The first-order valence-corrected chi connectivity index (χ1v) is 12.0. The van der Waals surface area contributed by atoms with Crippen LogP contribution in [-0.4, -0.2) is 15.9 Å². The van der Waals surface area contributed by atoms with E-state index in [1.807, 2.05) is 97.1 Å². The molecule has 34 heavy (non-hydrogen) atoms. The van der Waals surface area contributed by atoms with Gasteiger partial charge in [-0.1, -0.05) is 84.9 Å². The lowest BCUT2D eigenvalue weighted by Crippen LogP contribution is -2.30. The molecule has 3 aromatic carbocycles. The molecule has 0 unspecified atom stereocenters. The molecule has 5 rings (SSSR count). The molecule has 0 spiro atoms. The average molecular weight is 462 g/mol. The van der Waals surface area contributed by atoms with Crippen LogP contribution in [0, 0.1) is 0 Å². The predicted octanol–water partition coefficient (Wildman–Crippen LogP) is 6.32. The van der Waals surface area contributed by atoms with E-state index >= 15 is 0 Å². The number of aromatic nitrogens is 2. The zero-order valence-electron chi connectivity index (χ0n) is 18.5. The number of carbonyl (C=O) groups excluding carboxylic acids is 1. The van der Waals surface area contributed by atoms with E-state index in [1.165, 1.54) is 0 Å². The van der Waals surface area contributed by atoms with E-state index in [2.05, 4.69) is 15.7 Å². The van der Waals surface area contributed by atoms with Crippen molar-refractivity contribution in [3.63, 3.8) is 0 Å². The summed E-state index contributed by atoms with van der Waals surface area (Å²) < 4.78 is 0. The molecule has 5 heteroatoms. The number of carbonyl (C=O) groups is 1. The summed E-state index contributed by atoms with van der Waals surface area (Å²) in [5.41, 5.74) is 6.11. The fraction of sp³-hybridized carbons (Fsp3) is 0.0690. The third-order valence-electron chi connectivity index (χ3n) is 5.62. The smallest absolute Gasteiger partial charge is 0.225 e. The second kappa shape index (κ2) is 10.2. The van der Waals surface area contributed by atoms with Crippen molar-refractivity contribution in [3.8, 4) is 21.8 Å². The molecule has 2 heterocycles. The lowest BCUT2D eigenvalue weighted by molar-refractivity contribution is -0.120. The number of rotatable bonds is 7. The Labute approximate surface area is 203 Å². The maximum atomic E-state index is 13.0. The molecule has 0 atom stereocenters. The molecule has 0 radical (unpaired) electrons. The van der Waals surface area contributed by atoms with Crippen molar-refractivity contribution in [2.24, 2.45) is 0 Å². The van der Waals surface area contributed by atoms with Crippen LogP contribution in [0.3, 0.4) is 0 Å². The van der Waals surface area contributed by atoms with Gasteiger partial charge in [-0.2, -0.15) is 0 Å². The van der Waals surface area contributed by atoms with E-state index in [0.29, 0.717) is 6.42 Å². The van der Waals surface area contributed by atoms with Crippen molar-refractivity contribution in [1.82, 2.24) is 15.3 Å². The van der Waals surface area contributed by atoms with E-state index in [9.17, 15) is 4.79 Å². The fourth-order valence-electron chi connectivity index (χ4n) is 3.87. The van der Waals surface area contributed by atoms with Crippen LogP contribution in [0.5, 0.6) is 0 Å². The highest BCUT2D eigenvalue weighted by molar-refractivity contribution is 7.13. The lowest BCUT2D eigenvalue weighted by atomic mass is 9.98. The van der Waals surface area contributed by atoms with Crippen molar-refractivity contribution in [1.29, 1.82) is 0 Å². The summed E-state index contributed by atoms with van der Waals surface area (Å²) in [5.74, 6) is -0.0147. The minimum absolute atomic E-state index is 0.0147. The quantitative estimate of drug-likeness (QED) is 0.309. The molecule has 0 aliphatic heterocycles. The first-order chi connectivity index (χ1) is 16.8. The van der Waals surface area contributed by atoms with Gasteiger partial charge in [0.25, 0.3) is 0 Å². The fourth-order valence-corrected chi connectivity index (χ4v) is 4.71. The van der Waals surface area contributed by atoms with Crippen LogP contribution in [0.4, 0.5) is 0 Å². The highest BCUT2D eigenvalue weighted by atomic mass is 32.1. The molecule has 0 aliphatic carbocycles. The van der Waals surface area contributed by atoms with E-state index in [-0.39, 0.29) is 11.9 Å². The molecular formula is C29H23N3OS. The first-order valence-electron chi connectivity index (χ1n) is 11.1. The van der Waals surface area contributed by atoms with Gasteiger partial charge in [0.05, 0.1) is 18.2 Å². The SMILES string of the molecule is O=C(Cc1ccc(-c2csc(-c3ccncc3)n2)cc1)NC(c1ccccc1)c1ccccc1. The Balaban J connectivity index is 1.28. The average Bonchev–Trinajstić information content (AvgIpc) is 3.40.